The molecule has 0 aliphatic rings. The van der Waals surface area contributed by atoms with Crippen molar-refractivity contribution in [2.75, 3.05) is 7.11 Å². The molecule has 6 nitrogen and oxygen atoms in total. The predicted octanol–water partition coefficient (Wildman–Crippen LogP) is 3.90. The van der Waals surface area contributed by atoms with Gasteiger partial charge in [-0.25, -0.2) is 0 Å². The van der Waals surface area contributed by atoms with Crippen LogP contribution in [0.5, 0.6) is 11.5 Å². The van der Waals surface area contributed by atoms with Crippen molar-refractivity contribution in [3.63, 3.8) is 0 Å². The molecule has 2 aromatic carbocycles. The molecule has 0 unspecified atom stereocenters. The van der Waals surface area contributed by atoms with Crippen LogP contribution in [0.15, 0.2) is 51.5 Å². The van der Waals surface area contributed by atoms with Gasteiger partial charge >= 0.3 is 0 Å². The van der Waals surface area contributed by atoms with Gasteiger partial charge in [-0.15, -0.1) is 0 Å². The Labute approximate surface area is 146 Å². The summed E-state index contributed by atoms with van der Waals surface area (Å²) in [6.07, 6.45) is 0.733. The van der Waals surface area contributed by atoms with Crippen LogP contribution in [0.2, 0.25) is 0 Å². The fourth-order valence-corrected chi connectivity index (χ4v) is 2.49. The lowest BCUT2D eigenvalue weighted by atomic mass is 10.2. The van der Waals surface area contributed by atoms with Gasteiger partial charge in [-0.05, 0) is 28.1 Å². The zero-order valence-corrected chi connectivity index (χ0v) is 14.3. The summed E-state index contributed by atoms with van der Waals surface area (Å²) < 4.78 is 16.7. The van der Waals surface area contributed by atoms with Crippen molar-refractivity contribution in [1.82, 2.24) is 10.1 Å². The first-order valence-corrected chi connectivity index (χ1v) is 7.84. The normalized spacial score (nSPS) is 10.4. The van der Waals surface area contributed by atoms with E-state index in [9.17, 15) is 4.79 Å². The fourth-order valence-electron chi connectivity index (χ4n) is 2.07. The van der Waals surface area contributed by atoms with Gasteiger partial charge in [0, 0.05) is 15.6 Å². The molecule has 0 bridgehead atoms. The van der Waals surface area contributed by atoms with Gasteiger partial charge in [-0.3, -0.25) is 4.79 Å². The summed E-state index contributed by atoms with van der Waals surface area (Å²) in [5.41, 5.74) is 1.32. The minimum atomic E-state index is 0.0656. The Morgan fingerprint density at radius 1 is 1.21 bits per heavy atom. The Hall–Kier alpha value is -2.67. The maximum atomic E-state index is 11.0. The Balaban J connectivity index is 1.77. The van der Waals surface area contributed by atoms with Crippen molar-refractivity contribution in [3.05, 3.63) is 58.4 Å². The molecule has 1 aromatic heterocycles. The Morgan fingerprint density at radius 3 is 2.71 bits per heavy atom. The summed E-state index contributed by atoms with van der Waals surface area (Å²) in [5, 5.41) is 3.93. The van der Waals surface area contributed by atoms with E-state index < -0.39 is 0 Å². The second-order valence-corrected chi connectivity index (χ2v) is 5.66. The third-order valence-electron chi connectivity index (χ3n) is 3.26. The quantitative estimate of drug-likeness (QED) is 0.596. The largest absolute Gasteiger partial charge is 0.493 e. The number of carbonyl (C=O) groups excluding carboxylic acids is 1. The Kier molecular flexibility index (Phi) is 4.90. The van der Waals surface area contributed by atoms with Crippen LogP contribution in [0.25, 0.3) is 11.4 Å². The number of aldehydes is 1. The smallest absolute Gasteiger partial charge is 0.264 e. The number of rotatable bonds is 6. The summed E-state index contributed by atoms with van der Waals surface area (Å²) >= 11 is 3.30. The van der Waals surface area contributed by atoms with Crippen LogP contribution in [0.1, 0.15) is 16.2 Å². The third kappa shape index (κ3) is 3.46. The number of ether oxygens (including phenoxy) is 2. The average molecular weight is 389 g/mol. The molecule has 24 heavy (non-hydrogen) atoms. The van der Waals surface area contributed by atoms with Gasteiger partial charge in [-0.2, -0.15) is 4.98 Å². The number of nitrogens with zero attached hydrogens (tertiary/aromatic N) is 2. The van der Waals surface area contributed by atoms with Crippen LogP contribution in [0.4, 0.5) is 0 Å². The highest BCUT2D eigenvalue weighted by Gasteiger charge is 2.13. The number of carbonyl (C=O) groups is 1. The highest BCUT2D eigenvalue weighted by atomic mass is 79.9. The van der Waals surface area contributed by atoms with E-state index in [1.165, 1.54) is 7.11 Å². The summed E-state index contributed by atoms with van der Waals surface area (Å²) in [6.45, 7) is 0.0656. The molecule has 3 rings (SSSR count). The molecule has 0 fully saturated rings. The van der Waals surface area contributed by atoms with E-state index in [0.29, 0.717) is 33.3 Å². The second-order valence-electron chi connectivity index (χ2n) is 4.81. The molecule has 1 heterocycles. The lowest BCUT2D eigenvalue weighted by molar-refractivity contribution is 0.112. The van der Waals surface area contributed by atoms with E-state index in [0.717, 1.165) is 11.8 Å². The topological polar surface area (TPSA) is 74.5 Å². The number of hydrogen-bond donors (Lipinski definition) is 0. The molecule has 0 radical (unpaired) electrons. The van der Waals surface area contributed by atoms with Crippen LogP contribution in [0, 0.1) is 0 Å². The van der Waals surface area contributed by atoms with Crippen molar-refractivity contribution in [1.29, 1.82) is 0 Å². The molecule has 0 aliphatic carbocycles. The number of benzene rings is 2. The van der Waals surface area contributed by atoms with E-state index in [1.807, 2.05) is 30.3 Å². The number of aromatic nitrogens is 2. The standard InChI is InChI=1S/C17H13BrN2O4/c1-22-14-8-13(18)12(9-21)7-15(14)23-10-16-19-17(20-24-16)11-5-3-2-4-6-11/h2-9H,10H2,1H3. The molecule has 0 aliphatic heterocycles. The molecule has 3 aromatic rings. The third-order valence-corrected chi connectivity index (χ3v) is 3.95. The SMILES string of the molecule is COc1cc(Br)c(C=O)cc1OCc1nc(-c2ccccc2)no1. The number of methoxy groups -OCH3 is 1. The van der Waals surface area contributed by atoms with E-state index in [2.05, 4.69) is 26.1 Å². The van der Waals surface area contributed by atoms with Gasteiger partial charge in [0.05, 0.1) is 7.11 Å². The highest BCUT2D eigenvalue weighted by molar-refractivity contribution is 9.10. The van der Waals surface area contributed by atoms with Crippen LogP contribution in [0.3, 0.4) is 0 Å². The molecule has 0 atom stereocenters. The van der Waals surface area contributed by atoms with Gasteiger partial charge in [0.2, 0.25) is 5.82 Å². The van der Waals surface area contributed by atoms with Gasteiger partial charge in [-0.1, -0.05) is 35.5 Å². The second kappa shape index (κ2) is 7.27. The van der Waals surface area contributed by atoms with Gasteiger partial charge < -0.3 is 14.0 Å². The predicted molar refractivity (Wildman–Crippen MR) is 90.1 cm³/mol. The van der Waals surface area contributed by atoms with E-state index in [1.54, 1.807) is 12.1 Å². The first kappa shape index (κ1) is 16.2. The maximum Gasteiger partial charge on any atom is 0.264 e. The molecule has 0 saturated carbocycles. The molecule has 0 saturated heterocycles. The first-order chi connectivity index (χ1) is 11.7. The number of hydrogen-bond acceptors (Lipinski definition) is 6. The Morgan fingerprint density at radius 2 is 2.00 bits per heavy atom. The lowest BCUT2D eigenvalue weighted by Crippen LogP contribution is -1.99. The first-order valence-electron chi connectivity index (χ1n) is 7.04. The summed E-state index contributed by atoms with van der Waals surface area (Å²) in [5.74, 6) is 1.73. The maximum absolute atomic E-state index is 11.0. The minimum absolute atomic E-state index is 0.0656. The highest BCUT2D eigenvalue weighted by Crippen LogP contribution is 2.33. The fraction of sp³-hybridized carbons (Fsp3) is 0.118. The van der Waals surface area contributed by atoms with Crippen molar-refractivity contribution in [2.45, 2.75) is 6.61 Å². The van der Waals surface area contributed by atoms with Crippen LogP contribution >= 0.6 is 15.9 Å². The summed E-state index contributed by atoms with van der Waals surface area (Å²) in [7, 11) is 1.52. The molecular weight excluding hydrogens is 376 g/mol. The van der Waals surface area contributed by atoms with Crippen LogP contribution in [-0.2, 0) is 6.61 Å². The number of halogens is 1. The van der Waals surface area contributed by atoms with Crippen LogP contribution in [-0.4, -0.2) is 23.5 Å². The zero-order chi connectivity index (χ0) is 16.9. The van der Waals surface area contributed by atoms with E-state index in [-0.39, 0.29) is 6.61 Å². The lowest BCUT2D eigenvalue weighted by Gasteiger charge is -2.10. The molecule has 0 N–H and O–H groups in total. The van der Waals surface area contributed by atoms with Gasteiger partial charge in [0.25, 0.3) is 5.89 Å². The van der Waals surface area contributed by atoms with Crippen molar-refractivity contribution >= 4 is 22.2 Å². The summed E-state index contributed by atoms with van der Waals surface area (Å²) in [4.78, 5) is 15.3. The van der Waals surface area contributed by atoms with Crippen molar-refractivity contribution in [2.24, 2.45) is 0 Å². The zero-order valence-electron chi connectivity index (χ0n) is 12.7. The molecule has 0 amide bonds. The van der Waals surface area contributed by atoms with Crippen molar-refractivity contribution < 1.29 is 18.8 Å². The Bertz CT molecular complexity index is 849. The molecule has 7 heteroatoms. The van der Waals surface area contributed by atoms with Gasteiger partial charge in [0.15, 0.2) is 24.4 Å². The monoisotopic (exact) mass is 388 g/mol. The van der Waals surface area contributed by atoms with E-state index >= 15 is 0 Å². The van der Waals surface area contributed by atoms with E-state index in [4.69, 9.17) is 14.0 Å². The van der Waals surface area contributed by atoms with Crippen LogP contribution < -0.4 is 9.47 Å². The molecule has 0 spiro atoms. The molecular formula is C17H13BrN2O4. The average Bonchev–Trinajstić information content (AvgIpc) is 3.10. The summed E-state index contributed by atoms with van der Waals surface area (Å²) in [6, 6.07) is 12.8. The minimum Gasteiger partial charge on any atom is -0.493 e. The molecule has 122 valence electrons. The van der Waals surface area contributed by atoms with Crippen molar-refractivity contribution in [3.8, 4) is 22.9 Å². The van der Waals surface area contributed by atoms with Gasteiger partial charge in [0.1, 0.15) is 0 Å².